The first kappa shape index (κ1) is 28.2. The molecule has 0 saturated carbocycles. The van der Waals surface area contributed by atoms with Crippen molar-refractivity contribution in [1.29, 1.82) is 0 Å². The molecule has 2 amide bonds. The second kappa shape index (κ2) is 12.8. The number of nitrogens with zero attached hydrogens (tertiary/aromatic N) is 2. The smallest absolute Gasteiger partial charge is 0.258 e. The van der Waals surface area contributed by atoms with Gasteiger partial charge in [0.1, 0.15) is 0 Å². The number of halogens is 2. The van der Waals surface area contributed by atoms with Gasteiger partial charge in [-0.25, -0.2) is 0 Å². The highest BCUT2D eigenvalue weighted by Crippen LogP contribution is 2.39. The fourth-order valence-electron chi connectivity index (χ4n) is 5.23. The van der Waals surface area contributed by atoms with Crippen molar-refractivity contribution in [3.05, 3.63) is 93.0 Å². The Morgan fingerprint density at radius 2 is 1.76 bits per heavy atom. The number of hydrogen-bond acceptors (Lipinski definition) is 3. The van der Waals surface area contributed by atoms with E-state index in [9.17, 15) is 9.59 Å². The fraction of sp³-hybridized carbons (Fsp3) is 0.355. The summed E-state index contributed by atoms with van der Waals surface area (Å²) in [4.78, 5) is 30.9. The van der Waals surface area contributed by atoms with Crippen molar-refractivity contribution in [3.8, 4) is 0 Å². The van der Waals surface area contributed by atoms with Gasteiger partial charge in [0.05, 0.1) is 10.6 Å². The zero-order valence-corrected chi connectivity index (χ0v) is 23.8. The van der Waals surface area contributed by atoms with Crippen molar-refractivity contribution in [2.75, 3.05) is 36.4 Å². The van der Waals surface area contributed by atoms with Gasteiger partial charge < -0.3 is 15.1 Å². The quantitative estimate of drug-likeness (QED) is 0.310. The predicted molar refractivity (Wildman–Crippen MR) is 158 cm³/mol. The van der Waals surface area contributed by atoms with Gasteiger partial charge in [-0.1, -0.05) is 49.2 Å². The first-order valence-corrected chi connectivity index (χ1v) is 14.1. The Kier molecular flexibility index (Phi) is 9.48. The lowest BCUT2D eigenvalue weighted by Gasteiger charge is -2.26. The number of rotatable bonds is 8. The van der Waals surface area contributed by atoms with Crippen LogP contribution >= 0.6 is 23.2 Å². The molecule has 3 aromatic rings. The van der Waals surface area contributed by atoms with Gasteiger partial charge in [-0.2, -0.15) is 0 Å². The molecule has 7 heteroatoms. The molecule has 0 aliphatic carbocycles. The van der Waals surface area contributed by atoms with Crippen LogP contribution in [0, 0.1) is 6.92 Å². The minimum Gasteiger partial charge on any atom is -0.322 e. The van der Waals surface area contributed by atoms with Gasteiger partial charge in [0, 0.05) is 28.5 Å². The van der Waals surface area contributed by atoms with Crippen LogP contribution in [0.15, 0.2) is 60.7 Å². The van der Waals surface area contributed by atoms with Crippen molar-refractivity contribution in [2.24, 2.45) is 0 Å². The summed E-state index contributed by atoms with van der Waals surface area (Å²) >= 11 is 12.6. The first-order valence-electron chi connectivity index (χ1n) is 13.3. The Hall–Kier alpha value is -2.86. The largest absolute Gasteiger partial charge is 0.322 e. The van der Waals surface area contributed by atoms with Crippen LogP contribution in [0.2, 0.25) is 10.0 Å². The molecule has 1 heterocycles. The topological polar surface area (TPSA) is 52.6 Å². The molecule has 5 nitrogen and oxygen atoms in total. The number of benzene rings is 3. The summed E-state index contributed by atoms with van der Waals surface area (Å²) in [6, 6.07) is 18.2. The molecule has 0 bridgehead atoms. The Balaban J connectivity index is 1.56. The van der Waals surface area contributed by atoms with Gasteiger partial charge >= 0.3 is 0 Å². The lowest BCUT2D eigenvalue weighted by molar-refractivity contribution is 0.0985. The third-order valence-corrected chi connectivity index (χ3v) is 7.99. The molecule has 4 rings (SSSR count). The number of carbonyl (C=O) groups is 2. The maximum atomic E-state index is 13.9. The molecule has 200 valence electrons. The number of carbonyl (C=O) groups excluding carboxylic acids is 2. The van der Waals surface area contributed by atoms with Crippen molar-refractivity contribution in [2.45, 2.75) is 46.0 Å². The molecular formula is C31H35Cl2N3O2. The van der Waals surface area contributed by atoms with Crippen LogP contribution in [0.25, 0.3) is 0 Å². The third kappa shape index (κ3) is 6.40. The van der Waals surface area contributed by atoms with E-state index in [-0.39, 0.29) is 11.8 Å². The second-order valence-corrected chi connectivity index (χ2v) is 10.6. The molecule has 1 aliphatic rings. The van der Waals surface area contributed by atoms with Crippen LogP contribution in [0.4, 0.5) is 11.4 Å². The van der Waals surface area contributed by atoms with Crippen LogP contribution in [-0.2, 0) is 0 Å². The first-order chi connectivity index (χ1) is 18.3. The number of hydrogen-bond donors (Lipinski definition) is 1. The minimum absolute atomic E-state index is 0.0422. The molecule has 0 fully saturated rings. The maximum absolute atomic E-state index is 13.9. The summed E-state index contributed by atoms with van der Waals surface area (Å²) in [5.74, 6) is 0.0215. The van der Waals surface area contributed by atoms with E-state index in [0.717, 1.165) is 55.7 Å². The Morgan fingerprint density at radius 1 is 1.00 bits per heavy atom. The van der Waals surface area contributed by atoms with Crippen LogP contribution < -0.4 is 10.2 Å². The van der Waals surface area contributed by atoms with Crippen molar-refractivity contribution < 1.29 is 9.59 Å². The predicted octanol–water partition coefficient (Wildman–Crippen LogP) is 7.81. The molecule has 38 heavy (non-hydrogen) atoms. The number of amides is 2. The summed E-state index contributed by atoms with van der Waals surface area (Å²) < 4.78 is 0. The minimum atomic E-state index is -0.289. The number of aryl methyl sites for hydroxylation is 1. The van der Waals surface area contributed by atoms with Gasteiger partial charge in [0.25, 0.3) is 11.8 Å². The molecule has 0 aromatic heterocycles. The van der Waals surface area contributed by atoms with E-state index in [1.54, 1.807) is 36.4 Å². The zero-order chi connectivity index (χ0) is 27.2. The van der Waals surface area contributed by atoms with Crippen LogP contribution in [0.5, 0.6) is 0 Å². The third-order valence-electron chi connectivity index (χ3n) is 7.42. The fourth-order valence-corrected chi connectivity index (χ4v) is 5.63. The highest BCUT2D eigenvalue weighted by Gasteiger charge is 2.28. The SMILES string of the molecule is CCN(CC)CCC1CCCN(C(=O)c2ccc(NC(=O)c3ccccc3Cl)cc2C)c2ccc(Cl)cc21. The number of fused-ring (bicyclic) bond motifs is 1. The van der Waals surface area contributed by atoms with E-state index in [0.29, 0.717) is 39.3 Å². The highest BCUT2D eigenvalue weighted by atomic mass is 35.5. The molecule has 0 radical (unpaired) electrons. The number of nitrogens with one attached hydrogen (secondary N) is 1. The van der Waals surface area contributed by atoms with Gasteiger partial charge in [-0.3, -0.25) is 9.59 Å². The van der Waals surface area contributed by atoms with Crippen LogP contribution in [0.1, 0.15) is 70.9 Å². The molecular weight excluding hydrogens is 517 g/mol. The summed E-state index contributed by atoms with van der Waals surface area (Å²) in [6.45, 7) is 10.0. The van der Waals surface area contributed by atoms with Gasteiger partial charge in [0.2, 0.25) is 0 Å². The standard InChI is InChI=1S/C31H35Cl2N3O2/c1-4-35(5-2)18-16-22-9-8-17-36(29-15-12-23(32)20-27(22)29)31(38)25-14-13-24(19-21(25)3)34-30(37)26-10-6-7-11-28(26)33/h6-7,10-15,19-20,22H,4-5,8-9,16-18H2,1-3H3,(H,34,37). The lowest BCUT2D eigenvalue weighted by Crippen LogP contribution is -2.32. The van der Waals surface area contributed by atoms with Gasteiger partial charge in [0.15, 0.2) is 0 Å². The Morgan fingerprint density at radius 3 is 2.47 bits per heavy atom. The molecule has 0 spiro atoms. The molecule has 0 saturated heterocycles. The van der Waals surface area contributed by atoms with Crippen molar-refractivity contribution in [3.63, 3.8) is 0 Å². The maximum Gasteiger partial charge on any atom is 0.258 e. The monoisotopic (exact) mass is 551 g/mol. The number of anilines is 2. The molecule has 1 N–H and O–H groups in total. The average Bonchev–Trinajstić information content (AvgIpc) is 3.08. The van der Waals surface area contributed by atoms with E-state index < -0.39 is 0 Å². The van der Waals surface area contributed by atoms with Gasteiger partial charge in [-0.15, -0.1) is 0 Å². The van der Waals surface area contributed by atoms with Gasteiger partial charge in [-0.05, 0) is 111 Å². The van der Waals surface area contributed by atoms with Crippen LogP contribution in [-0.4, -0.2) is 42.9 Å². The van der Waals surface area contributed by atoms with Crippen molar-refractivity contribution in [1.82, 2.24) is 4.90 Å². The Bertz CT molecular complexity index is 1310. The van der Waals surface area contributed by atoms with E-state index in [1.165, 1.54) is 0 Å². The molecule has 1 unspecified atom stereocenters. The van der Waals surface area contributed by atoms with E-state index in [2.05, 4.69) is 24.1 Å². The van der Waals surface area contributed by atoms with E-state index in [1.807, 2.05) is 36.1 Å². The molecule has 3 aromatic carbocycles. The zero-order valence-electron chi connectivity index (χ0n) is 22.3. The van der Waals surface area contributed by atoms with Crippen LogP contribution in [0.3, 0.4) is 0 Å². The Labute approximate surface area is 235 Å². The summed E-state index contributed by atoms with van der Waals surface area (Å²) in [7, 11) is 0. The summed E-state index contributed by atoms with van der Waals surface area (Å²) in [6.07, 6.45) is 2.98. The summed E-state index contributed by atoms with van der Waals surface area (Å²) in [5, 5.41) is 3.98. The normalized spacial score (nSPS) is 15.2. The summed E-state index contributed by atoms with van der Waals surface area (Å²) in [5.41, 5.74) is 4.52. The van der Waals surface area contributed by atoms with Crippen molar-refractivity contribution >= 4 is 46.4 Å². The second-order valence-electron chi connectivity index (χ2n) is 9.78. The van der Waals surface area contributed by atoms with E-state index >= 15 is 0 Å². The highest BCUT2D eigenvalue weighted by molar-refractivity contribution is 6.34. The molecule has 1 atom stereocenters. The average molecular weight is 553 g/mol. The van der Waals surface area contributed by atoms with E-state index in [4.69, 9.17) is 23.2 Å². The molecule has 1 aliphatic heterocycles. The lowest BCUT2D eigenvalue weighted by atomic mass is 9.90.